The zero-order valence-electron chi connectivity index (χ0n) is 8.71. The summed E-state index contributed by atoms with van der Waals surface area (Å²) in [5, 5.41) is 0. The van der Waals surface area contributed by atoms with Crippen molar-refractivity contribution in [3.63, 3.8) is 0 Å². The van der Waals surface area contributed by atoms with E-state index in [1.807, 2.05) is 0 Å². The van der Waals surface area contributed by atoms with Crippen LogP contribution in [0.15, 0.2) is 24.3 Å². The minimum absolute atomic E-state index is 0.223. The van der Waals surface area contributed by atoms with Crippen LogP contribution in [0.1, 0.15) is 37.5 Å². The van der Waals surface area contributed by atoms with Crippen molar-refractivity contribution in [1.29, 1.82) is 0 Å². The standard InChI is InChI=1S/C12H18O/c1-4-9-13-11(3)12-8-6-5-7-10(12)2/h5-8,11H,4,9H2,1-3H3. The number of hydrogen-bond acceptors (Lipinski definition) is 1. The van der Waals surface area contributed by atoms with E-state index >= 15 is 0 Å². The summed E-state index contributed by atoms with van der Waals surface area (Å²) in [7, 11) is 0. The van der Waals surface area contributed by atoms with Crippen molar-refractivity contribution >= 4 is 0 Å². The van der Waals surface area contributed by atoms with Crippen molar-refractivity contribution in [2.45, 2.75) is 33.3 Å². The first kappa shape index (κ1) is 10.3. The minimum Gasteiger partial charge on any atom is -0.374 e. The van der Waals surface area contributed by atoms with Crippen LogP contribution in [0.5, 0.6) is 0 Å². The predicted octanol–water partition coefficient (Wildman–Crippen LogP) is 3.48. The highest BCUT2D eigenvalue weighted by Crippen LogP contribution is 2.20. The van der Waals surface area contributed by atoms with Gasteiger partial charge in [-0.05, 0) is 31.4 Å². The lowest BCUT2D eigenvalue weighted by Crippen LogP contribution is -2.02. The molecule has 0 heterocycles. The van der Waals surface area contributed by atoms with Crippen molar-refractivity contribution < 1.29 is 4.74 Å². The summed E-state index contributed by atoms with van der Waals surface area (Å²) >= 11 is 0. The summed E-state index contributed by atoms with van der Waals surface area (Å²) in [4.78, 5) is 0. The molecule has 0 amide bonds. The minimum atomic E-state index is 0.223. The third kappa shape index (κ3) is 2.85. The van der Waals surface area contributed by atoms with E-state index < -0.39 is 0 Å². The number of aryl methyl sites for hydroxylation is 1. The van der Waals surface area contributed by atoms with E-state index in [9.17, 15) is 0 Å². The topological polar surface area (TPSA) is 9.23 Å². The molecule has 0 aromatic heterocycles. The predicted molar refractivity (Wildman–Crippen MR) is 55.8 cm³/mol. The SMILES string of the molecule is CCCOC(C)c1ccccc1C. The Balaban J connectivity index is 2.65. The molecule has 0 aliphatic carbocycles. The Labute approximate surface area is 80.7 Å². The molecular weight excluding hydrogens is 160 g/mol. The molecule has 0 spiro atoms. The molecule has 1 atom stereocenters. The van der Waals surface area contributed by atoms with Gasteiger partial charge in [0.25, 0.3) is 0 Å². The molecule has 0 bridgehead atoms. The van der Waals surface area contributed by atoms with Crippen molar-refractivity contribution in [2.24, 2.45) is 0 Å². The zero-order chi connectivity index (χ0) is 9.68. The van der Waals surface area contributed by atoms with Gasteiger partial charge in [-0.2, -0.15) is 0 Å². The molecule has 13 heavy (non-hydrogen) atoms. The van der Waals surface area contributed by atoms with Gasteiger partial charge in [0.2, 0.25) is 0 Å². The molecule has 0 radical (unpaired) electrons. The van der Waals surface area contributed by atoms with Crippen LogP contribution in [-0.2, 0) is 4.74 Å². The van der Waals surface area contributed by atoms with Gasteiger partial charge in [-0.1, -0.05) is 31.2 Å². The van der Waals surface area contributed by atoms with Crippen molar-refractivity contribution in [2.75, 3.05) is 6.61 Å². The number of rotatable bonds is 4. The summed E-state index contributed by atoms with van der Waals surface area (Å²) in [6.45, 7) is 7.21. The van der Waals surface area contributed by atoms with Gasteiger partial charge < -0.3 is 4.74 Å². The lowest BCUT2D eigenvalue weighted by molar-refractivity contribution is 0.0658. The Hall–Kier alpha value is -0.820. The van der Waals surface area contributed by atoms with E-state index in [1.165, 1.54) is 11.1 Å². The summed E-state index contributed by atoms with van der Waals surface area (Å²) in [5.41, 5.74) is 2.61. The van der Waals surface area contributed by atoms with Gasteiger partial charge in [-0.3, -0.25) is 0 Å². The number of hydrogen-bond donors (Lipinski definition) is 0. The maximum absolute atomic E-state index is 5.66. The fourth-order valence-electron chi connectivity index (χ4n) is 1.43. The van der Waals surface area contributed by atoms with Gasteiger partial charge in [0.15, 0.2) is 0 Å². The molecule has 1 aromatic carbocycles. The van der Waals surface area contributed by atoms with Gasteiger partial charge >= 0.3 is 0 Å². The molecule has 0 N–H and O–H groups in total. The van der Waals surface area contributed by atoms with Crippen LogP contribution in [0, 0.1) is 6.92 Å². The summed E-state index contributed by atoms with van der Waals surface area (Å²) < 4.78 is 5.66. The van der Waals surface area contributed by atoms with E-state index in [-0.39, 0.29) is 6.10 Å². The van der Waals surface area contributed by atoms with Gasteiger partial charge in [-0.15, -0.1) is 0 Å². The van der Waals surface area contributed by atoms with Gasteiger partial charge in [0, 0.05) is 6.61 Å². The number of ether oxygens (including phenoxy) is 1. The molecule has 1 unspecified atom stereocenters. The average Bonchev–Trinajstić information content (AvgIpc) is 2.15. The normalized spacial score (nSPS) is 12.8. The van der Waals surface area contributed by atoms with E-state index in [0.29, 0.717) is 0 Å². The van der Waals surface area contributed by atoms with Crippen molar-refractivity contribution in [3.8, 4) is 0 Å². The first-order chi connectivity index (χ1) is 6.25. The fourth-order valence-corrected chi connectivity index (χ4v) is 1.43. The highest BCUT2D eigenvalue weighted by molar-refractivity contribution is 5.27. The molecule has 1 heteroatoms. The lowest BCUT2D eigenvalue weighted by atomic mass is 10.0. The molecule has 0 fully saturated rings. The molecule has 0 aliphatic rings. The molecular formula is C12H18O. The van der Waals surface area contributed by atoms with Crippen LogP contribution in [0.2, 0.25) is 0 Å². The first-order valence-corrected chi connectivity index (χ1v) is 4.92. The fraction of sp³-hybridized carbons (Fsp3) is 0.500. The molecule has 0 aliphatic heterocycles. The van der Waals surface area contributed by atoms with E-state index in [4.69, 9.17) is 4.74 Å². The monoisotopic (exact) mass is 178 g/mol. The Kier molecular flexibility index (Phi) is 3.97. The van der Waals surface area contributed by atoms with Crippen molar-refractivity contribution in [3.05, 3.63) is 35.4 Å². The van der Waals surface area contributed by atoms with Crippen LogP contribution >= 0.6 is 0 Å². The van der Waals surface area contributed by atoms with E-state index in [1.54, 1.807) is 0 Å². The largest absolute Gasteiger partial charge is 0.374 e. The summed E-state index contributed by atoms with van der Waals surface area (Å²) in [6.07, 6.45) is 1.30. The van der Waals surface area contributed by atoms with Gasteiger partial charge in [0.05, 0.1) is 6.10 Å². The highest BCUT2D eigenvalue weighted by Gasteiger charge is 2.06. The smallest absolute Gasteiger partial charge is 0.0799 e. The van der Waals surface area contributed by atoms with Crippen LogP contribution in [-0.4, -0.2) is 6.61 Å². The Morgan fingerprint density at radius 2 is 2.00 bits per heavy atom. The second-order valence-corrected chi connectivity index (χ2v) is 3.37. The molecule has 1 rings (SSSR count). The maximum Gasteiger partial charge on any atom is 0.0799 e. The summed E-state index contributed by atoms with van der Waals surface area (Å²) in [6, 6.07) is 8.39. The Morgan fingerprint density at radius 1 is 1.31 bits per heavy atom. The van der Waals surface area contributed by atoms with Crippen LogP contribution < -0.4 is 0 Å². The molecule has 1 nitrogen and oxygen atoms in total. The quantitative estimate of drug-likeness (QED) is 0.685. The Morgan fingerprint density at radius 3 is 2.62 bits per heavy atom. The average molecular weight is 178 g/mol. The van der Waals surface area contributed by atoms with Gasteiger partial charge in [0.1, 0.15) is 0 Å². The van der Waals surface area contributed by atoms with E-state index in [0.717, 1.165) is 13.0 Å². The third-order valence-corrected chi connectivity index (χ3v) is 2.20. The van der Waals surface area contributed by atoms with Crippen molar-refractivity contribution in [1.82, 2.24) is 0 Å². The summed E-state index contributed by atoms with van der Waals surface area (Å²) in [5.74, 6) is 0. The molecule has 1 aromatic rings. The zero-order valence-corrected chi connectivity index (χ0v) is 8.71. The second-order valence-electron chi connectivity index (χ2n) is 3.37. The second kappa shape index (κ2) is 5.03. The molecule has 0 saturated carbocycles. The number of benzene rings is 1. The van der Waals surface area contributed by atoms with Crippen LogP contribution in [0.25, 0.3) is 0 Å². The van der Waals surface area contributed by atoms with E-state index in [2.05, 4.69) is 45.0 Å². The molecule has 72 valence electrons. The van der Waals surface area contributed by atoms with Gasteiger partial charge in [-0.25, -0.2) is 0 Å². The Bertz CT molecular complexity index is 255. The van der Waals surface area contributed by atoms with Crippen LogP contribution in [0.3, 0.4) is 0 Å². The van der Waals surface area contributed by atoms with Crippen LogP contribution in [0.4, 0.5) is 0 Å². The third-order valence-electron chi connectivity index (χ3n) is 2.20. The lowest BCUT2D eigenvalue weighted by Gasteiger charge is -2.14. The highest BCUT2D eigenvalue weighted by atomic mass is 16.5. The first-order valence-electron chi connectivity index (χ1n) is 4.92. The maximum atomic E-state index is 5.66. The molecule has 0 saturated heterocycles.